The highest BCUT2D eigenvalue weighted by atomic mass is 32.2. The number of hydrogen-bond donors (Lipinski definition) is 0. The van der Waals surface area contributed by atoms with Crippen LogP contribution in [-0.4, -0.2) is 17.3 Å². The maximum Gasteiger partial charge on any atom is 0.289 e. The van der Waals surface area contributed by atoms with Crippen molar-refractivity contribution in [2.24, 2.45) is 0 Å². The molecule has 0 spiro atoms. The second-order valence-electron chi connectivity index (χ2n) is 5.59. The molecule has 1 aliphatic carbocycles. The number of nitrogens with zero attached hydrogens (tertiary/aromatic N) is 2. The summed E-state index contributed by atoms with van der Waals surface area (Å²) < 4.78 is 26.7. The Bertz CT molecular complexity index is 1080. The molecule has 0 saturated heterocycles. The highest BCUT2D eigenvalue weighted by Gasteiger charge is 2.29. The van der Waals surface area contributed by atoms with Crippen molar-refractivity contribution in [3.05, 3.63) is 82.2 Å². The summed E-state index contributed by atoms with van der Waals surface area (Å²) in [6.07, 6.45) is 3.74. The van der Waals surface area contributed by atoms with E-state index in [1.165, 1.54) is 30.5 Å². The SMILES string of the molecule is O=[N+]([O-])c1ccccc1S(=O)(=O)n1cc2c(c1)-c1ccccc1C2. The van der Waals surface area contributed by atoms with Gasteiger partial charge in [-0.05, 0) is 22.8 Å². The third-order valence-corrected chi connectivity index (χ3v) is 5.86. The molecule has 0 bridgehead atoms. The van der Waals surface area contributed by atoms with Crippen LogP contribution in [0.4, 0.5) is 5.69 Å². The highest BCUT2D eigenvalue weighted by molar-refractivity contribution is 7.90. The van der Waals surface area contributed by atoms with Gasteiger partial charge in [-0.25, -0.2) is 12.4 Å². The first kappa shape index (κ1) is 14.6. The molecule has 0 amide bonds. The molecule has 2 aromatic carbocycles. The molecule has 4 rings (SSSR count). The van der Waals surface area contributed by atoms with Gasteiger partial charge >= 0.3 is 0 Å². The normalized spacial score (nSPS) is 12.7. The van der Waals surface area contributed by atoms with E-state index in [0.29, 0.717) is 6.42 Å². The van der Waals surface area contributed by atoms with Crippen LogP contribution in [0.15, 0.2) is 65.8 Å². The molecule has 7 heteroatoms. The van der Waals surface area contributed by atoms with Gasteiger partial charge in [-0.15, -0.1) is 0 Å². The summed E-state index contributed by atoms with van der Waals surface area (Å²) in [7, 11) is -4.02. The van der Waals surface area contributed by atoms with Gasteiger partial charge in [-0.1, -0.05) is 36.4 Å². The summed E-state index contributed by atoms with van der Waals surface area (Å²) in [4.78, 5) is 10.1. The van der Waals surface area contributed by atoms with Crippen molar-refractivity contribution in [3.8, 4) is 11.1 Å². The highest BCUT2D eigenvalue weighted by Crippen LogP contribution is 2.38. The monoisotopic (exact) mass is 340 g/mol. The van der Waals surface area contributed by atoms with Crippen LogP contribution >= 0.6 is 0 Å². The second-order valence-corrected chi connectivity index (χ2v) is 7.40. The van der Waals surface area contributed by atoms with E-state index in [1.807, 2.05) is 24.3 Å². The zero-order valence-corrected chi connectivity index (χ0v) is 13.2. The van der Waals surface area contributed by atoms with Gasteiger partial charge < -0.3 is 0 Å². The van der Waals surface area contributed by atoms with Crippen molar-refractivity contribution in [3.63, 3.8) is 0 Å². The van der Waals surface area contributed by atoms with Crippen molar-refractivity contribution < 1.29 is 13.3 Å². The lowest BCUT2D eigenvalue weighted by Crippen LogP contribution is -2.13. The van der Waals surface area contributed by atoms with Crippen molar-refractivity contribution in [1.29, 1.82) is 0 Å². The Hall–Kier alpha value is -2.93. The number of benzene rings is 2. The number of rotatable bonds is 3. The molecule has 6 nitrogen and oxygen atoms in total. The summed E-state index contributed by atoms with van der Waals surface area (Å²) in [6.45, 7) is 0. The van der Waals surface area contributed by atoms with Crippen LogP contribution in [-0.2, 0) is 16.4 Å². The first-order valence-corrected chi connectivity index (χ1v) is 8.70. The molecule has 1 heterocycles. The average molecular weight is 340 g/mol. The molecule has 0 fully saturated rings. The Morgan fingerprint density at radius 2 is 1.62 bits per heavy atom. The lowest BCUT2D eigenvalue weighted by molar-refractivity contribution is -0.387. The number of nitro benzene ring substituents is 1. The van der Waals surface area contributed by atoms with Gasteiger partial charge in [0.2, 0.25) is 0 Å². The molecule has 0 unspecified atom stereocenters. The van der Waals surface area contributed by atoms with Crippen molar-refractivity contribution in [2.45, 2.75) is 11.3 Å². The molecule has 1 aromatic heterocycles. The molecule has 0 saturated carbocycles. The predicted molar refractivity (Wildman–Crippen MR) is 88.4 cm³/mol. The van der Waals surface area contributed by atoms with Crippen LogP contribution in [0.25, 0.3) is 11.1 Å². The third-order valence-electron chi connectivity index (χ3n) is 4.19. The van der Waals surface area contributed by atoms with Gasteiger partial charge in [0.15, 0.2) is 4.90 Å². The molecule has 0 atom stereocenters. The first-order chi connectivity index (χ1) is 11.5. The molecule has 0 radical (unpaired) electrons. The van der Waals surface area contributed by atoms with E-state index in [-0.39, 0.29) is 4.90 Å². The molecule has 24 heavy (non-hydrogen) atoms. The minimum absolute atomic E-state index is 0.308. The summed E-state index contributed by atoms with van der Waals surface area (Å²) >= 11 is 0. The van der Waals surface area contributed by atoms with Gasteiger partial charge in [-0.3, -0.25) is 10.1 Å². The van der Waals surface area contributed by atoms with E-state index in [9.17, 15) is 18.5 Å². The second kappa shape index (κ2) is 5.04. The van der Waals surface area contributed by atoms with Gasteiger partial charge in [0.1, 0.15) is 0 Å². The summed E-state index contributed by atoms with van der Waals surface area (Å²) in [5.74, 6) is 0. The summed E-state index contributed by atoms with van der Waals surface area (Å²) in [5, 5.41) is 11.1. The van der Waals surface area contributed by atoms with E-state index in [4.69, 9.17) is 0 Å². The summed E-state index contributed by atoms with van der Waals surface area (Å²) in [5.41, 5.74) is 3.49. The fourth-order valence-electron chi connectivity index (χ4n) is 3.07. The Balaban J connectivity index is 1.86. The largest absolute Gasteiger partial charge is 0.289 e. The summed E-state index contributed by atoms with van der Waals surface area (Å²) in [6, 6.07) is 13.2. The number of fused-ring (bicyclic) bond motifs is 3. The Morgan fingerprint density at radius 1 is 0.917 bits per heavy atom. The molecule has 3 aromatic rings. The Labute approximate surface area is 138 Å². The lowest BCUT2D eigenvalue weighted by atomic mass is 10.1. The lowest BCUT2D eigenvalue weighted by Gasteiger charge is -2.07. The van der Waals surface area contributed by atoms with E-state index < -0.39 is 20.6 Å². The standard InChI is InChI=1S/C17H12N2O4S/c20-19(21)16-7-3-4-8-17(16)24(22,23)18-10-13-9-12-5-1-2-6-14(12)15(13)11-18/h1-8,10-11H,9H2. The molecule has 1 aliphatic rings. The van der Waals surface area contributed by atoms with E-state index in [0.717, 1.165) is 26.2 Å². The van der Waals surface area contributed by atoms with Crippen LogP contribution in [0, 0.1) is 10.1 Å². The molecular weight excluding hydrogens is 328 g/mol. The van der Waals surface area contributed by atoms with Crippen LogP contribution in [0.5, 0.6) is 0 Å². The van der Waals surface area contributed by atoms with Gasteiger partial charge in [-0.2, -0.15) is 0 Å². The van der Waals surface area contributed by atoms with Crippen LogP contribution in [0.3, 0.4) is 0 Å². The van der Waals surface area contributed by atoms with E-state index in [1.54, 1.807) is 6.20 Å². The van der Waals surface area contributed by atoms with Crippen LogP contribution in [0.1, 0.15) is 11.1 Å². The van der Waals surface area contributed by atoms with Crippen molar-refractivity contribution in [2.75, 3.05) is 0 Å². The Morgan fingerprint density at radius 3 is 2.42 bits per heavy atom. The minimum atomic E-state index is -4.02. The maximum absolute atomic E-state index is 12.8. The van der Waals surface area contributed by atoms with Crippen molar-refractivity contribution in [1.82, 2.24) is 3.97 Å². The van der Waals surface area contributed by atoms with Gasteiger partial charge in [0.25, 0.3) is 15.7 Å². The van der Waals surface area contributed by atoms with Crippen LogP contribution < -0.4 is 0 Å². The smallest absolute Gasteiger partial charge is 0.258 e. The van der Waals surface area contributed by atoms with Gasteiger partial charge in [0.05, 0.1) is 4.92 Å². The molecule has 120 valence electrons. The fraction of sp³-hybridized carbons (Fsp3) is 0.0588. The molecular formula is C17H12N2O4S. The number of hydrogen-bond acceptors (Lipinski definition) is 4. The molecule has 0 N–H and O–H groups in total. The number of para-hydroxylation sites is 1. The van der Waals surface area contributed by atoms with E-state index >= 15 is 0 Å². The van der Waals surface area contributed by atoms with E-state index in [2.05, 4.69) is 0 Å². The van der Waals surface area contributed by atoms with Crippen molar-refractivity contribution >= 4 is 15.7 Å². The minimum Gasteiger partial charge on any atom is -0.258 e. The number of nitro groups is 1. The zero-order valence-electron chi connectivity index (χ0n) is 12.4. The predicted octanol–water partition coefficient (Wildman–Crippen LogP) is 3.20. The number of aromatic nitrogens is 1. The zero-order chi connectivity index (χ0) is 16.9. The first-order valence-electron chi connectivity index (χ1n) is 7.26. The quantitative estimate of drug-likeness (QED) is 0.423. The molecule has 0 aliphatic heterocycles. The van der Waals surface area contributed by atoms with Gasteiger partial charge in [0, 0.05) is 30.4 Å². The Kier molecular flexibility index (Phi) is 3.07. The van der Waals surface area contributed by atoms with Crippen LogP contribution in [0.2, 0.25) is 0 Å². The average Bonchev–Trinajstić information content (AvgIpc) is 3.13. The third kappa shape index (κ3) is 2.05. The maximum atomic E-state index is 12.8. The fourth-order valence-corrected chi connectivity index (χ4v) is 4.47. The topological polar surface area (TPSA) is 82.2 Å².